The van der Waals surface area contributed by atoms with Gasteiger partial charge in [0.05, 0.1) is 6.20 Å². The number of nitrogens with zero attached hydrogens (tertiary/aromatic N) is 1. The molecule has 2 aromatic rings. The Bertz CT molecular complexity index is 533. The molecule has 20 heavy (non-hydrogen) atoms. The molecule has 3 heteroatoms. The van der Waals surface area contributed by atoms with Crippen LogP contribution in [0.1, 0.15) is 23.8 Å². The van der Waals surface area contributed by atoms with Crippen molar-refractivity contribution < 1.29 is 4.74 Å². The van der Waals surface area contributed by atoms with Crippen LogP contribution < -0.4 is 10.1 Å². The van der Waals surface area contributed by atoms with Crippen LogP contribution in [0.5, 0.6) is 5.75 Å². The van der Waals surface area contributed by atoms with Gasteiger partial charge < -0.3 is 10.1 Å². The third kappa shape index (κ3) is 2.99. The second-order valence-electron chi connectivity index (χ2n) is 5.34. The van der Waals surface area contributed by atoms with Gasteiger partial charge in [0.1, 0.15) is 11.9 Å². The molecule has 0 amide bonds. The SMILES string of the molecule is Cc1ccc(OC(c2ccccc2)C2CCNC2)cn1. The lowest BCUT2D eigenvalue weighted by atomic mass is 9.95. The second kappa shape index (κ2) is 6.06. The summed E-state index contributed by atoms with van der Waals surface area (Å²) in [7, 11) is 0. The fraction of sp³-hybridized carbons (Fsp3) is 0.353. The molecule has 2 unspecified atom stereocenters. The van der Waals surface area contributed by atoms with Crippen molar-refractivity contribution >= 4 is 0 Å². The lowest BCUT2D eigenvalue weighted by Gasteiger charge is -2.24. The summed E-state index contributed by atoms with van der Waals surface area (Å²) in [6, 6.07) is 14.5. The van der Waals surface area contributed by atoms with Crippen LogP contribution in [0, 0.1) is 12.8 Å². The summed E-state index contributed by atoms with van der Waals surface area (Å²) in [6.45, 7) is 4.07. The molecule has 3 rings (SSSR count). The fourth-order valence-electron chi connectivity index (χ4n) is 2.69. The first kappa shape index (κ1) is 13.1. The number of aryl methyl sites for hydroxylation is 1. The number of hydrogen-bond acceptors (Lipinski definition) is 3. The summed E-state index contributed by atoms with van der Waals surface area (Å²) in [5.41, 5.74) is 2.25. The minimum Gasteiger partial charge on any atom is -0.484 e. The Hall–Kier alpha value is -1.87. The monoisotopic (exact) mass is 268 g/mol. The smallest absolute Gasteiger partial charge is 0.138 e. The fourth-order valence-corrected chi connectivity index (χ4v) is 2.69. The number of ether oxygens (including phenoxy) is 1. The van der Waals surface area contributed by atoms with E-state index in [-0.39, 0.29) is 6.10 Å². The van der Waals surface area contributed by atoms with Crippen LogP contribution in [0.2, 0.25) is 0 Å². The van der Waals surface area contributed by atoms with Crippen LogP contribution >= 0.6 is 0 Å². The molecule has 0 aliphatic carbocycles. The average molecular weight is 268 g/mol. The van der Waals surface area contributed by atoms with Gasteiger partial charge in [-0.3, -0.25) is 4.98 Å². The second-order valence-corrected chi connectivity index (χ2v) is 5.34. The maximum Gasteiger partial charge on any atom is 0.138 e. The molecule has 1 fully saturated rings. The molecule has 1 aromatic carbocycles. The predicted octanol–water partition coefficient (Wildman–Crippen LogP) is 3.12. The van der Waals surface area contributed by atoms with Gasteiger partial charge in [0.2, 0.25) is 0 Å². The molecule has 0 bridgehead atoms. The highest BCUT2D eigenvalue weighted by Crippen LogP contribution is 2.31. The minimum absolute atomic E-state index is 0.0932. The molecule has 3 nitrogen and oxygen atoms in total. The molecular formula is C17H20N2O. The summed E-state index contributed by atoms with van der Waals surface area (Å²) in [4.78, 5) is 4.31. The Morgan fingerprint density at radius 3 is 2.70 bits per heavy atom. The Morgan fingerprint density at radius 1 is 1.20 bits per heavy atom. The summed E-state index contributed by atoms with van der Waals surface area (Å²) in [5, 5.41) is 3.42. The molecule has 104 valence electrons. The summed E-state index contributed by atoms with van der Waals surface area (Å²) >= 11 is 0. The maximum absolute atomic E-state index is 6.24. The number of aromatic nitrogens is 1. The van der Waals surface area contributed by atoms with Crippen molar-refractivity contribution in [3.05, 3.63) is 59.9 Å². The van der Waals surface area contributed by atoms with E-state index in [1.165, 1.54) is 5.56 Å². The van der Waals surface area contributed by atoms with Crippen molar-refractivity contribution in [3.8, 4) is 5.75 Å². The van der Waals surface area contributed by atoms with E-state index in [1.54, 1.807) is 0 Å². The zero-order chi connectivity index (χ0) is 13.8. The standard InChI is InChI=1S/C17H20N2O/c1-13-7-8-16(12-19-13)20-17(15-9-10-18-11-15)14-5-3-2-4-6-14/h2-8,12,15,17-18H,9-11H2,1H3. The normalized spacial score (nSPS) is 19.8. The van der Waals surface area contributed by atoms with Crippen molar-refractivity contribution in [2.24, 2.45) is 5.92 Å². The van der Waals surface area contributed by atoms with Crippen molar-refractivity contribution in [2.75, 3.05) is 13.1 Å². The van der Waals surface area contributed by atoms with Crippen molar-refractivity contribution in [2.45, 2.75) is 19.4 Å². The van der Waals surface area contributed by atoms with Gasteiger partial charge in [0.25, 0.3) is 0 Å². The molecule has 0 radical (unpaired) electrons. The van der Waals surface area contributed by atoms with E-state index in [1.807, 2.05) is 31.3 Å². The van der Waals surface area contributed by atoms with Crippen LogP contribution in [-0.4, -0.2) is 18.1 Å². The van der Waals surface area contributed by atoms with Gasteiger partial charge in [-0.05, 0) is 37.6 Å². The Labute approximate surface area is 120 Å². The van der Waals surface area contributed by atoms with Gasteiger partial charge in [0.15, 0.2) is 0 Å². The van der Waals surface area contributed by atoms with Gasteiger partial charge in [-0.2, -0.15) is 0 Å². The zero-order valence-electron chi connectivity index (χ0n) is 11.8. The van der Waals surface area contributed by atoms with Gasteiger partial charge >= 0.3 is 0 Å². The molecule has 1 aliphatic heterocycles. The highest BCUT2D eigenvalue weighted by Gasteiger charge is 2.27. The average Bonchev–Trinajstić information content (AvgIpc) is 3.01. The lowest BCUT2D eigenvalue weighted by molar-refractivity contribution is 0.144. The molecular weight excluding hydrogens is 248 g/mol. The summed E-state index contributed by atoms with van der Waals surface area (Å²) in [6.07, 6.45) is 3.06. The van der Waals surface area contributed by atoms with Gasteiger partial charge in [-0.1, -0.05) is 30.3 Å². The van der Waals surface area contributed by atoms with Crippen LogP contribution in [0.3, 0.4) is 0 Å². The Kier molecular flexibility index (Phi) is 3.97. The number of benzene rings is 1. The highest BCUT2D eigenvalue weighted by molar-refractivity contribution is 5.24. The van der Waals surface area contributed by atoms with Crippen LogP contribution in [0.25, 0.3) is 0 Å². The van der Waals surface area contributed by atoms with E-state index in [0.29, 0.717) is 5.92 Å². The van der Waals surface area contributed by atoms with Crippen LogP contribution in [-0.2, 0) is 0 Å². The number of nitrogens with one attached hydrogen (secondary N) is 1. The third-order valence-corrected chi connectivity index (χ3v) is 3.80. The lowest BCUT2D eigenvalue weighted by Crippen LogP contribution is -2.21. The van der Waals surface area contributed by atoms with E-state index >= 15 is 0 Å². The Balaban J connectivity index is 1.83. The summed E-state index contributed by atoms with van der Waals surface area (Å²) < 4.78 is 6.24. The molecule has 0 saturated carbocycles. The topological polar surface area (TPSA) is 34.1 Å². The Morgan fingerprint density at radius 2 is 2.05 bits per heavy atom. The first-order valence-corrected chi connectivity index (χ1v) is 7.18. The van der Waals surface area contributed by atoms with E-state index in [0.717, 1.165) is 31.0 Å². The minimum atomic E-state index is 0.0932. The first-order chi connectivity index (χ1) is 9.83. The quantitative estimate of drug-likeness (QED) is 0.925. The van der Waals surface area contributed by atoms with E-state index in [2.05, 4.69) is 34.6 Å². The van der Waals surface area contributed by atoms with Crippen molar-refractivity contribution in [3.63, 3.8) is 0 Å². The first-order valence-electron chi connectivity index (χ1n) is 7.18. The van der Waals surface area contributed by atoms with Crippen molar-refractivity contribution in [1.82, 2.24) is 10.3 Å². The molecule has 1 saturated heterocycles. The van der Waals surface area contributed by atoms with Gasteiger partial charge in [0, 0.05) is 18.2 Å². The van der Waals surface area contributed by atoms with Gasteiger partial charge in [-0.15, -0.1) is 0 Å². The molecule has 0 spiro atoms. The van der Waals surface area contributed by atoms with E-state index in [4.69, 9.17) is 4.74 Å². The molecule has 1 N–H and O–H groups in total. The van der Waals surface area contributed by atoms with E-state index in [9.17, 15) is 0 Å². The molecule has 2 heterocycles. The predicted molar refractivity (Wildman–Crippen MR) is 79.8 cm³/mol. The third-order valence-electron chi connectivity index (χ3n) is 3.80. The highest BCUT2D eigenvalue weighted by atomic mass is 16.5. The van der Waals surface area contributed by atoms with E-state index < -0.39 is 0 Å². The molecule has 2 atom stereocenters. The van der Waals surface area contributed by atoms with Crippen LogP contribution in [0.15, 0.2) is 48.7 Å². The number of rotatable bonds is 4. The van der Waals surface area contributed by atoms with Gasteiger partial charge in [-0.25, -0.2) is 0 Å². The van der Waals surface area contributed by atoms with Crippen LogP contribution in [0.4, 0.5) is 0 Å². The largest absolute Gasteiger partial charge is 0.484 e. The molecule has 1 aliphatic rings. The zero-order valence-corrected chi connectivity index (χ0v) is 11.8. The number of hydrogen-bond donors (Lipinski definition) is 1. The number of pyridine rings is 1. The summed E-state index contributed by atoms with van der Waals surface area (Å²) in [5.74, 6) is 1.36. The molecule has 1 aromatic heterocycles. The van der Waals surface area contributed by atoms with Crippen molar-refractivity contribution in [1.29, 1.82) is 0 Å². The maximum atomic E-state index is 6.24.